The molecule has 84 valence electrons. The highest BCUT2D eigenvalue weighted by Crippen LogP contribution is 2.14. The molecule has 14 heavy (non-hydrogen) atoms. The Labute approximate surface area is 84.7 Å². The molecule has 0 aromatic rings. The van der Waals surface area contributed by atoms with Gasteiger partial charge in [-0.2, -0.15) is 0 Å². The highest BCUT2D eigenvalue weighted by atomic mass is 19.3. The highest BCUT2D eigenvalue weighted by Gasteiger charge is 2.24. The Balaban J connectivity index is 2.41. The van der Waals surface area contributed by atoms with E-state index in [4.69, 9.17) is 0 Å². The Morgan fingerprint density at radius 1 is 1.43 bits per heavy atom. The lowest BCUT2D eigenvalue weighted by Gasteiger charge is -2.36. The van der Waals surface area contributed by atoms with Crippen molar-refractivity contribution in [1.82, 2.24) is 10.2 Å². The van der Waals surface area contributed by atoms with Crippen molar-refractivity contribution in [3.05, 3.63) is 0 Å². The Bertz CT molecular complexity index is 144. The molecule has 0 aliphatic carbocycles. The molecular weight excluding hydrogens is 186 g/mol. The van der Waals surface area contributed by atoms with Crippen molar-refractivity contribution in [2.45, 2.75) is 32.7 Å². The van der Waals surface area contributed by atoms with Crippen molar-refractivity contribution in [1.29, 1.82) is 0 Å². The molecule has 0 aromatic heterocycles. The van der Waals surface area contributed by atoms with E-state index >= 15 is 0 Å². The lowest BCUT2D eigenvalue weighted by Crippen LogP contribution is -2.52. The van der Waals surface area contributed by atoms with E-state index in [1.807, 2.05) is 4.90 Å². The van der Waals surface area contributed by atoms with E-state index in [1.54, 1.807) is 0 Å². The van der Waals surface area contributed by atoms with E-state index in [0.29, 0.717) is 5.92 Å². The number of alkyl halides is 2. The van der Waals surface area contributed by atoms with Crippen molar-refractivity contribution < 1.29 is 8.78 Å². The van der Waals surface area contributed by atoms with Gasteiger partial charge in [0.05, 0.1) is 6.54 Å². The van der Waals surface area contributed by atoms with Crippen molar-refractivity contribution in [2.75, 3.05) is 26.2 Å². The summed E-state index contributed by atoms with van der Waals surface area (Å²) in [5, 5.41) is 3.26. The minimum Gasteiger partial charge on any atom is -0.314 e. The first-order valence-electron chi connectivity index (χ1n) is 5.32. The van der Waals surface area contributed by atoms with Gasteiger partial charge in [0, 0.05) is 25.7 Å². The first-order valence-corrected chi connectivity index (χ1v) is 5.32. The second kappa shape index (κ2) is 5.61. The largest absolute Gasteiger partial charge is 0.314 e. The fraction of sp³-hybridized carbons (Fsp3) is 1.00. The van der Waals surface area contributed by atoms with Crippen LogP contribution in [0.15, 0.2) is 0 Å². The third kappa shape index (κ3) is 3.88. The van der Waals surface area contributed by atoms with Crippen LogP contribution < -0.4 is 5.32 Å². The van der Waals surface area contributed by atoms with Gasteiger partial charge in [-0.15, -0.1) is 0 Å². The van der Waals surface area contributed by atoms with E-state index in [2.05, 4.69) is 19.2 Å². The fourth-order valence-electron chi connectivity index (χ4n) is 2.00. The maximum absolute atomic E-state index is 12.3. The molecule has 1 atom stereocenters. The number of nitrogens with one attached hydrogen (secondary N) is 1. The molecule has 1 aliphatic rings. The van der Waals surface area contributed by atoms with Crippen molar-refractivity contribution in [2.24, 2.45) is 5.92 Å². The molecule has 0 saturated carbocycles. The predicted octanol–water partition coefficient (Wildman–Crippen LogP) is 1.57. The number of hydrogen-bond acceptors (Lipinski definition) is 2. The van der Waals surface area contributed by atoms with Crippen molar-refractivity contribution >= 4 is 0 Å². The van der Waals surface area contributed by atoms with Crippen LogP contribution in [0.5, 0.6) is 0 Å². The van der Waals surface area contributed by atoms with E-state index in [9.17, 15) is 8.78 Å². The van der Waals surface area contributed by atoms with Gasteiger partial charge >= 0.3 is 0 Å². The van der Waals surface area contributed by atoms with Gasteiger partial charge in [0.1, 0.15) is 0 Å². The van der Waals surface area contributed by atoms with Crippen LogP contribution >= 0.6 is 0 Å². The van der Waals surface area contributed by atoms with Crippen LogP contribution in [0.4, 0.5) is 8.78 Å². The predicted molar refractivity (Wildman–Crippen MR) is 53.7 cm³/mol. The van der Waals surface area contributed by atoms with Crippen LogP contribution in [0, 0.1) is 5.92 Å². The lowest BCUT2D eigenvalue weighted by atomic mass is 10.0. The lowest BCUT2D eigenvalue weighted by molar-refractivity contribution is 0.0486. The van der Waals surface area contributed by atoms with Crippen molar-refractivity contribution in [3.8, 4) is 0 Å². The zero-order valence-corrected chi connectivity index (χ0v) is 8.97. The summed E-state index contributed by atoms with van der Waals surface area (Å²) in [7, 11) is 0. The second-order valence-electron chi connectivity index (χ2n) is 4.37. The van der Waals surface area contributed by atoms with Gasteiger partial charge in [-0.05, 0) is 12.3 Å². The average molecular weight is 206 g/mol. The molecule has 1 aliphatic heterocycles. The molecular formula is C10H20F2N2. The standard InChI is InChI=1S/C10H20F2N2/c1-8(2)5-9-6-13-3-4-14(9)7-10(11)12/h8-10,13H,3-7H2,1-2H3. The second-order valence-corrected chi connectivity index (χ2v) is 4.37. The van der Waals surface area contributed by atoms with Gasteiger partial charge in [-0.1, -0.05) is 13.8 Å². The fourth-order valence-corrected chi connectivity index (χ4v) is 2.00. The van der Waals surface area contributed by atoms with E-state index in [1.165, 1.54) is 0 Å². The molecule has 4 heteroatoms. The summed E-state index contributed by atoms with van der Waals surface area (Å²) >= 11 is 0. The summed E-state index contributed by atoms with van der Waals surface area (Å²) in [6, 6.07) is 0.290. The molecule has 0 spiro atoms. The van der Waals surface area contributed by atoms with Gasteiger partial charge in [0.15, 0.2) is 0 Å². The molecule has 0 aromatic carbocycles. The average Bonchev–Trinajstić information content (AvgIpc) is 2.06. The number of rotatable bonds is 4. The van der Waals surface area contributed by atoms with Gasteiger partial charge < -0.3 is 5.32 Å². The monoisotopic (exact) mass is 206 g/mol. The van der Waals surface area contributed by atoms with Gasteiger partial charge in [-0.25, -0.2) is 8.78 Å². The first-order chi connectivity index (χ1) is 6.59. The highest BCUT2D eigenvalue weighted by molar-refractivity contribution is 4.80. The summed E-state index contributed by atoms with van der Waals surface area (Å²) in [4.78, 5) is 1.92. The molecule has 1 rings (SSSR count). The maximum Gasteiger partial charge on any atom is 0.251 e. The summed E-state index contributed by atoms with van der Waals surface area (Å²) in [6.45, 7) is 6.64. The normalized spacial score (nSPS) is 24.9. The summed E-state index contributed by atoms with van der Waals surface area (Å²) < 4.78 is 24.5. The topological polar surface area (TPSA) is 15.3 Å². The Hall–Kier alpha value is -0.220. The van der Waals surface area contributed by atoms with Crippen LogP contribution in [-0.4, -0.2) is 43.5 Å². The zero-order chi connectivity index (χ0) is 10.6. The van der Waals surface area contributed by atoms with E-state index < -0.39 is 6.43 Å². The van der Waals surface area contributed by atoms with Crippen LogP contribution in [-0.2, 0) is 0 Å². The number of nitrogens with zero attached hydrogens (tertiary/aromatic N) is 1. The van der Waals surface area contributed by atoms with Crippen LogP contribution in [0.2, 0.25) is 0 Å². The third-order valence-electron chi connectivity index (χ3n) is 2.59. The molecule has 1 saturated heterocycles. The van der Waals surface area contributed by atoms with Crippen LogP contribution in [0.3, 0.4) is 0 Å². The van der Waals surface area contributed by atoms with Gasteiger partial charge in [-0.3, -0.25) is 4.90 Å². The SMILES string of the molecule is CC(C)CC1CNCCN1CC(F)F. The number of hydrogen-bond donors (Lipinski definition) is 1. The van der Waals surface area contributed by atoms with Gasteiger partial charge in [0.25, 0.3) is 6.43 Å². The van der Waals surface area contributed by atoms with Crippen LogP contribution in [0.1, 0.15) is 20.3 Å². The van der Waals surface area contributed by atoms with E-state index in [0.717, 1.165) is 26.1 Å². The summed E-state index contributed by atoms with van der Waals surface area (Å²) in [5.41, 5.74) is 0. The molecule has 1 fully saturated rings. The molecule has 1 N–H and O–H groups in total. The first kappa shape index (κ1) is 11.9. The molecule has 0 bridgehead atoms. The Morgan fingerprint density at radius 3 is 2.71 bits per heavy atom. The number of piperazine rings is 1. The smallest absolute Gasteiger partial charge is 0.251 e. The third-order valence-corrected chi connectivity index (χ3v) is 2.59. The summed E-state index contributed by atoms with van der Waals surface area (Å²) in [5.74, 6) is 0.570. The quantitative estimate of drug-likeness (QED) is 0.751. The van der Waals surface area contributed by atoms with E-state index in [-0.39, 0.29) is 12.6 Å². The zero-order valence-electron chi connectivity index (χ0n) is 8.97. The van der Waals surface area contributed by atoms with Crippen molar-refractivity contribution in [3.63, 3.8) is 0 Å². The Morgan fingerprint density at radius 2 is 2.14 bits per heavy atom. The molecule has 1 heterocycles. The Kier molecular flexibility index (Phi) is 4.75. The molecule has 0 radical (unpaired) electrons. The number of halogens is 2. The summed E-state index contributed by atoms with van der Waals surface area (Å²) in [6.07, 6.45) is -1.21. The molecule has 0 amide bonds. The van der Waals surface area contributed by atoms with Gasteiger partial charge in [0.2, 0.25) is 0 Å². The molecule has 2 nitrogen and oxygen atoms in total. The van der Waals surface area contributed by atoms with Crippen LogP contribution in [0.25, 0.3) is 0 Å². The maximum atomic E-state index is 12.3. The molecule has 1 unspecified atom stereocenters. The minimum atomic E-state index is -2.21. The minimum absolute atomic E-state index is 0.0704.